The smallest absolute Gasteiger partial charge is 0.0563 e. The first-order chi connectivity index (χ1) is 6.97. The first kappa shape index (κ1) is 9.71. The highest BCUT2D eigenvalue weighted by Gasteiger charge is 1.91. The van der Waals surface area contributed by atoms with Crippen molar-refractivity contribution in [2.45, 2.75) is 0 Å². The predicted octanol–water partition coefficient (Wildman–Crippen LogP) is 1.41. The van der Waals surface area contributed by atoms with Crippen LogP contribution in [0.25, 0.3) is 10.2 Å². The standard InChI is InChI=1S/C6H5NS.C4H10N2/c1-3-7-5-2-4-8-6(1)5;1-2-6-4-3-5-1/h1-4,7H;5-6H,1-4H2. The Bertz CT molecular complexity index is 299. The molecule has 2 aromatic heterocycles. The first-order valence-electron chi connectivity index (χ1n) is 4.89. The summed E-state index contributed by atoms with van der Waals surface area (Å²) in [7, 11) is 0. The van der Waals surface area contributed by atoms with Crippen molar-refractivity contribution in [3.63, 3.8) is 0 Å². The Balaban J connectivity index is 0.000000112. The zero-order valence-corrected chi connectivity index (χ0v) is 8.86. The Labute approximate surface area is 87.5 Å². The SMILES string of the molecule is C1CNCCN1.c1cc2sccc2[nH]1. The highest BCUT2D eigenvalue weighted by atomic mass is 32.1. The summed E-state index contributed by atoms with van der Waals surface area (Å²) in [6.07, 6.45) is 1.96. The van der Waals surface area contributed by atoms with Crippen molar-refractivity contribution in [2.24, 2.45) is 0 Å². The second-order valence-electron chi connectivity index (χ2n) is 3.18. The normalized spacial score (nSPS) is 16.3. The minimum atomic E-state index is 1.14. The second kappa shape index (κ2) is 5.14. The maximum atomic E-state index is 3.22. The molecule has 0 aromatic carbocycles. The van der Waals surface area contributed by atoms with Gasteiger partial charge in [-0.25, -0.2) is 0 Å². The quantitative estimate of drug-likeness (QED) is 0.614. The maximum Gasteiger partial charge on any atom is 0.0563 e. The molecule has 1 aliphatic heterocycles. The molecule has 0 amide bonds. The molecule has 1 fully saturated rings. The minimum absolute atomic E-state index is 1.14. The average molecular weight is 209 g/mol. The number of aromatic nitrogens is 1. The van der Waals surface area contributed by atoms with Gasteiger partial charge in [0, 0.05) is 32.4 Å². The Hall–Kier alpha value is -0.840. The van der Waals surface area contributed by atoms with Gasteiger partial charge in [-0.15, -0.1) is 11.3 Å². The Kier molecular flexibility index (Phi) is 3.57. The Morgan fingerprint density at radius 1 is 1.00 bits per heavy atom. The van der Waals surface area contributed by atoms with Gasteiger partial charge in [-0.3, -0.25) is 0 Å². The number of hydrogen-bond acceptors (Lipinski definition) is 3. The molecule has 3 N–H and O–H groups in total. The van der Waals surface area contributed by atoms with Gasteiger partial charge in [0.2, 0.25) is 0 Å². The van der Waals surface area contributed by atoms with E-state index in [4.69, 9.17) is 0 Å². The van der Waals surface area contributed by atoms with E-state index >= 15 is 0 Å². The van der Waals surface area contributed by atoms with Crippen molar-refractivity contribution in [3.8, 4) is 0 Å². The van der Waals surface area contributed by atoms with Crippen LogP contribution < -0.4 is 10.6 Å². The van der Waals surface area contributed by atoms with E-state index in [1.165, 1.54) is 10.2 Å². The number of rotatable bonds is 0. The van der Waals surface area contributed by atoms with Crippen LogP contribution in [0.1, 0.15) is 0 Å². The van der Waals surface area contributed by atoms with Crippen LogP contribution in [0, 0.1) is 0 Å². The third-order valence-corrected chi connectivity index (χ3v) is 3.01. The van der Waals surface area contributed by atoms with E-state index in [0.717, 1.165) is 26.2 Å². The van der Waals surface area contributed by atoms with Gasteiger partial charge in [0.15, 0.2) is 0 Å². The lowest BCUT2D eigenvalue weighted by Crippen LogP contribution is -2.39. The molecule has 0 bridgehead atoms. The minimum Gasteiger partial charge on any atom is -0.360 e. The molecule has 2 aromatic rings. The van der Waals surface area contributed by atoms with Crippen molar-refractivity contribution in [3.05, 3.63) is 23.7 Å². The second-order valence-corrected chi connectivity index (χ2v) is 4.12. The van der Waals surface area contributed by atoms with Crippen LogP contribution in [-0.4, -0.2) is 31.2 Å². The summed E-state index contributed by atoms with van der Waals surface area (Å²) in [5.74, 6) is 0. The van der Waals surface area contributed by atoms with Gasteiger partial charge in [-0.1, -0.05) is 0 Å². The molecular formula is C10H15N3S. The molecule has 0 spiro atoms. The highest BCUT2D eigenvalue weighted by Crippen LogP contribution is 2.17. The lowest BCUT2D eigenvalue weighted by Gasteiger charge is -2.11. The number of hydrogen-bond donors (Lipinski definition) is 3. The molecule has 0 aliphatic carbocycles. The molecule has 0 atom stereocenters. The van der Waals surface area contributed by atoms with Crippen LogP contribution >= 0.6 is 11.3 Å². The number of nitrogens with one attached hydrogen (secondary N) is 3. The fourth-order valence-electron chi connectivity index (χ4n) is 1.38. The van der Waals surface area contributed by atoms with E-state index in [1.54, 1.807) is 11.3 Å². The average Bonchev–Trinajstić information content (AvgIpc) is 2.82. The summed E-state index contributed by atoms with van der Waals surface area (Å²) in [4.78, 5) is 3.11. The maximum absolute atomic E-state index is 3.22. The van der Waals surface area contributed by atoms with E-state index in [-0.39, 0.29) is 0 Å². The number of piperazine rings is 1. The van der Waals surface area contributed by atoms with Crippen molar-refractivity contribution >= 4 is 21.6 Å². The van der Waals surface area contributed by atoms with Gasteiger partial charge in [0.1, 0.15) is 0 Å². The van der Waals surface area contributed by atoms with Gasteiger partial charge in [0.25, 0.3) is 0 Å². The predicted molar refractivity (Wildman–Crippen MR) is 61.9 cm³/mol. The molecule has 3 heterocycles. The van der Waals surface area contributed by atoms with Crippen molar-refractivity contribution in [1.29, 1.82) is 0 Å². The van der Waals surface area contributed by atoms with Gasteiger partial charge >= 0.3 is 0 Å². The number of thiophene rings is 1. The van der Waals surface area contributed by atoms with Crippen LogP contribution in [0.4, 0.5) is 0 Å². The summed E-state index contributed by atoms with van der Waals surface area (Å²) in [5.41, 5.74) is 1.25. The molecule has 3 rings (SSSR count). The van der Waals surface area contributed by atoms with E-state index in [9.17, 15) is 0 Å². The van der Waals surface area contributed by atoms with E-state index in [1.807, 2.05) is 6.20 Å². The lowest BCUT2D eigenvalue weighted by atomic mass is 10.4. The summed E-state index contributed by atoms with van der Waals surface area (Å²) in [6, 6.07) is 4.17. The van der Waals surface area contributed by atoms with Crippen molar-refractivity contribution in [1.82, 2.24) is 15.6 Å². The molecule has 76 valence electrons. The van der Waals surface area contributed by atoms with Crippen LogP contribution in [0.15, 0.2) is 23.7 Å². The highest BCUT2D eigenvalue weighted by molar-refractivity contribution is 7.17. The van der Waals surface area contributed by atoms with Crippen LogP contribution in [0.3, 0.4) is 0 Å². The zero-order chi connectivity index (χ0) is 9.64. The van der Waals surface area contributed by atoms with Gasteiger partial charge in [-0.2, -0.15) is 0 Å². The molecule has 0 unspecified atom stereocenters. The van der Waals surface area contributed by atoms with Crippen molar-refractivity contribution in [2.75, 3.05) is 26.2 Å². The van der Waals surface area contributed by atoms with Crippen LogP contribution in [0.2, 0.25) is 0 Å². The van der Waals surface area contributed by atoms with Gasteiger partial charge < -0.3 is 15.6 Å². The molecular weight excluding hydrogens is 194 g/mol. The summed E-state index contributed by atoms with van der Waals surface area (Å²) < 4.78 is 1.34. The van der Waals surface area contributed by atoms with E-state index in [0.29, 0.717) is 0 Å². The third kappa shape index (κ3) is 2.57. The molecule has 0 radical (unpaired) electrons. The van der Waals surface area contributed by atoms with E-state index in [2.05, 4.69) is 33.1 Å². The largest absolute Gasteiger partial charge is 0.360 e. The molecule has 14 heavy (non-hydrogen) atoms. The topological polar surface area (TPSA) is 39.8 Å². The van der Waals surface area contributed by atoms with Crippen LogP contribution in [-0.2, 0) is 0 Å². The fraction of sp³-hybridized carbons (Fsp3) is 0.400. The first-order valence-corrected chi connectivity index (χ1v) is 5.77. The van der Waals surface area contributed by atoms with Gasteiger partial charge in [-0.05, 0) is 17.5 Å². The molecule has 1 saturated heterocycles. The Morgan fingerprint density at radius 3 is 2.29 bits per heavy atom. The number of aromatic amines is 1. The van der Waals surface area contributed by atoms with E-state index < -0.39 is 0 Å². The fourth-order valence-corrected chi connectivity index (χ4v) is 2.13. The zero-order valence-electron chi connectivity index (χ0n) is 8.05. The lowest BCUT2D eigenvalue weighted by molar-refractivity contribution is 0.534. The molecule has 4 heteroatoms. The molecule has 3 nitrogen and oxygen atoms in total. The summed E-state index contributed by atoms with van der Waals surface area (Å²) >= 11 is 1.76. The summed E-state index contributed by atoms with van der Waals surface area (Å²) in [5, 5.41) is 8.53. The van der Waals surface area contributed by atoms with Crippen molar-refractivity contribution < 1.29 is 0 Å². The number of H-pyrrole nitrogens is 1. The Morgan fingerprint density at radius 2 is 1.71 bits per heavy atom. The number of fused-ring (bicyclic) bond motifs is 1. The molecule has 1 aliphatic rings. The molecule has 0 saturated carbocycles. The van der Waals surface area contributed by atoms with Gasteiger partial charge in [0.05, 0.1) is 10.2 Å². The monoisotopic (exact) mass is 209 g/mol. The summed E-state index contributed by atoms with van der Waals surface area (Å²) in [6.45, 7) is 4.56. The van der Waals surface area contributed by atoms with Crippen LogP contribution in [0.5, 0.6) is 0 Å². The third-order valence-electron chi connectivity index (χ3n) is 2.13.